The van der Waals surface area contributed by atoms with E-state index in [-0.39, 0.29) is 10.8 Å². The summed E-state index contributed by atoms with van der Waals surface area (Å²) in [4.78, 5) is 13.3. The van der Waals surface area contributed by atoms with Crippen molar-refractivity contribution in [2.24, 2.45) is 10.8 Å². The third-order valence-electron chi connectivity index (χ3n) is 4.80. The van der Waals surface area contributed by atoms with Crippen LogP contribution >= 0.6 is 11.3 Å². The molecule has 2 nitrogen and oxygen atoms in total. The third-order valence-corrected chi connectivity index (χ3v) is 5.77. The van der Waals surface area contributed by atoms with E-state index in [1.165, 1.54) is 4.70 Å². The monoisotopic (exact) mass is 315 g/mol. The van der Waals surface area contributed by atoms with E-state index < -0.39 is 0 Å². The molecule has 1 aliphatic heterocycles. The van der Waals surface area contributed by atoms with Gasteiger partial charge in [-0.15, -0.1) is 11.3 Å². The molecule has 2 heterocycles. The second kappa shape index (κ2) is 5.78. The summed E-state index contributed by atoms with van der Waals surface area (Å²) in [5.74, 6) is 0.346. The molecule has 2 aromatic rings. The highest BCUT2D eigenvalue weighted by Gasteiger charge is 2.42. The van der Waals surface area contributed by atoms with Crippen LogP contribution in [-0.4, -0.2) is 18.9 Å². The fraction of sp³-hybridized carbons (Fsp3) is 0.526. The van der Waals surface area contributed by atoms with Gasteiger partial charge in [0, 0.05) is 33.0 Å². The molecule has 1 aromatic heterocycles. The van der Waals surface area contributed by atoms with Gasteiger partial charge in [0.2, 0.25) is 0 Å². The van der Waals surface area contributed by atoms with Gasteiger partial charge in [0.15, 0.2) is 5.78 Å². The van der Waals surface area contributed by atoms with E-state index in [2.05, 4.69) is 43.6 Å². The van der Waals surface area contributed by atoms with Crippen LogP contribution in [0.15, 0.2) is 29.6 Å². The highest BCUT2D eigenvalue weighted by atomic mass is 32.1. The summed E-state index contributed by atoms with van der Waals surface area (Å²) < 4.78 is 1.21. The van der Waals surface area contributed by atoms with Crippen LogP contribution in [0, 0.1) is 10.8 Å². The Kier molecular flexibility index (Phi) is 4.13. The van der Waals surface area contributed by atoms with Crippen molar-refractivity contribution in [3.8, 4) is 0 Å². The average Bonchev–Trinajstić information content (AvgIpc) is 3.12. The normalized spacial score (nSPS) is 22.3. The molecule has 3 rings (SSSR count). The Bertz CT molecular complexity index is 674. The van der Waals surface area contributed by atoms with Crippen LogP contribution in [0.4, 0.5) is 0 Å². The van der Waals surface area contributed by atoms with Crippen molar-refractivity contribution in [2.45, 2.75) is 40.0 Å². The second-order valence-electron chi connectivity index (χ2n) is 7.74. The molecule has 22 heavy (non-hydrogen) atoms. The minimum atomic E-state index is -0.211. The lowest BCUT2D eigenvalue weighted by Crippen LogP contribution is -2.34. The molecular formula is C19H25NOS. The van der Waals surface area contributed by atoms with E-state index in [9.17, 15) is 4.79 Å². The van der Waals surface area contributed by atoms with E-state index in [4.69, 9.17) is 0 Å². The number of fused-ring (bicyclic) bond motifs is 1. The van der Waals surface area contributed by atoms with Gasteiger partial charge in [0.25, 0.3) is 0 Å². The second-order valence-corrected chi connectivity index (χ2v) is 8.65. The van der Waals surface area contributed by atoms with Crippen molar-refractivity contribution in [1.29, 1.82) is 0 Å². The molecule has 1 N–H and O–H groups in total. The molecule has 0 aliphatic carbocycles. The molecule has 1 unspecified atom stereocenters. The van der Waals surface area contributed by atoms with Crippen molar-refractivity contribution >= 4 is 27.2 Å². The quantitative estimate of drug-likeness (QED) is 0.814. The lowest BCUT2D eigenvalue weighted by atomic mass is 9.72. The van der Waals surface area contributed by atoms with E-state index in [1.807, 2.05) is 12.1 Å². The highest BCUT2D eigenvalue weighted by Crippen LogP contribution is 2.40. The van der Waals surface area contributed by atoms with Crippen molar-refractivity contribution < 1.29 is 4.79 Å². The first kappa shape index (κ1) is 15.7. The molecule has 1 fully saturated rings. The van der Waals surface area contributed by atoms with E-state index in [0.29, 0.717) is 5.78 Å². The van der Waals surface area contributed by atoms with Gasteiger partial charge in [0.05, 0.1) is 0 Å². The third kappa shape index (κ3) is 2.97. The minimum Gasteiger partial charge on any atom is -0.316 e. The van der Waals surface area contributed by atoms with E-state index >= 15 is 0 Å². The summed E-state index contributed by atoms with van der Waals surface area (Å²) in [6, 6.07) is 8.25. The molecule has 118 valence electrons. The highest BCUT2D eigenvalue weighted by molar-refractivity contribution is 7.17. The smallest absolute Gasteiger partial charge is 0.171 e. The van der Waals surface area contributed by atoms with E-state index in [0.717, 1.165) is 43.3 Å². The summed E-state index contributed by atoms with van der Waals surface area (Å²) in [5.41, 5.74) is 0.988. The Morgan fingerprint density at radius 2 is 2.09 bits per heavy atom. The van der Waals surface area contributed by atoms with Gasteiger partial charge in [-0.3, -0.25) is 4.79 Å². The summed E-state index contributed by atoms with van der Waals surface area (Å²) in [6.07, 6.45) is 3.03. The number of rotatable bonds is 4. The predicted octanol–water partition coefficient (Wildman–Crippen LogP) is 4.89. The molecule has 0 saturated carbocycles. The lowest BCUT2D eigenvalue weighted by molar-refractivity contribution is 0.0786. The fourth-order valence-electron chi connectivity index (χ4n) is 3.32. The summed E-state index contributed by atoms with van der Waals surface area (Å²) in [7, 11) is 0. The van der Waals surface area contributed by atoms with Crippen LogP contribution in [0.2, 0.25) is 0 Å². The van der Waals surface area contributed by atoms with Gasteiger partial charge in [0.1, 0.15) is 0 Å². The molecule has 0 radical (unpaired) electrons. The van der Waals surface area contributed by atoms with Gasteiger partial charge < -0.3 is 5.32 Å². The number of carbonyl (C=O) groups is 1. The van der Waals surface area contributed by atoms with Crippen LogP contribution in [0.1, 0.15) is 50.4 Å². The number of hydrogen-bond acceptors (Lipinski definition) is 3. The van der Waals surface area contributed by atoms with Crippen LogP contribution < -0.4 is 5.32 Å². The van der Waals surface area contributed by atoms with Crippen LogP contribution in [0.25, 0.3) is 10.1 Å². The number of hydrogen-bond donors (Lipinski definition) is 1. The van der Waals surface area contributed by atoms with Gasteiger partial charge in [-0.2, -0.15) is 0 Å². The minimum absolute atomic E-state index is 0.211. The van der Waals surface area contributed by atoms with Crippen molar-refractivity contribution in [3.05, 3.63) is 35.2 Å². The van der Waals surface area contributed by atoms with Crippen LogP contribution in [0.5, 0.6) is 0 Å². The van der Waals surface area contributed by atoms with Crippen LogP contribution in [-0.2, 0) is 0 Å². The Labute approximate surface area is 136 Å². The van der Waals surface area contributed by atoms with Crippen molar-refractivity contribution in [3.63, 3.8) is 0 Å². The Morgan fingerprint density at radius 1 is 1.32 bits per heavy atom. The molecule has 1 aliphatic rings. The molecular weight excluding hydrogens is 290 g/mol. The molecule has 0 spiro atoms. The SMILES string of the molecule is CC(C)(C)CCC1(C(=O)c2csc3ccccc23)CCNC1. The van der Waals surface area contributed by atoms with Crippen molar-refractivity contribution in [2.75, 3.05) is 13.1 Å². The molecule has 0 bridgehead atoms. The Hall–Kier alpha value is -1.19. The van der Waals surface area contributed by atoms with E-state index in [1.54, 1.807) is 11.3 Å². The van der Waals surface area contributed by atoms with Gasteiger partial charge in [-0.1, -0.05) is 39.0 Å². The maximum absolute atomic E-state index is 13.3. The zero-order valence-corrected chi connectivity index (χ0v) is 14.6. The molecule has 1 aromatic carbocycles. The Morgan fingerprint density at radius 3 is 2.77 bits per heavy atom. The first-order valence-corrected chi connectivity index (χ1v) is 9.01. The number of thiophene rings is 1. The zero-order valence-electron chi connectivity index (χ0n) is 13.7. The molecule has 1 saturated heterocycles. The zero-order chi connectivity index (χ0) is 15.8. The topological polar surface area (TPSA) is 29.1 Å². The standard InChI is InChI=1S/C19H25NOS/c1-18(2,3)8-9-19(10-11-20-13-19)17(21)15-12-22-16-7-5-4-6-14(15)16/h4-7,12,20H,8-11,13H2,1-3H3. The lowest BCUT2D eigenvalue weighted by Gasteiger charge is -2.30. The van der Waals surface area contributed by atoms with Crippen LogP contribution in [0.3, 0.4) is 0 Å². The fourth-order valence-corrected chi connectivity index (χ4v) is 4.26. The van der Waals surface area contributed by atoms with Gasteiger partial charge in [-0.25, -0.2) is 0 Å². The predicted molar refractivity (Wildman–Crippen MR) is 94.8 cm³/mol. The number of nitrogens with one attached hydrogen (secondary N) is 1. The first-order chi connectivity index (χ1) is 10.4. The largest absolute Gasteiger partial charge is 0.316 e. The van der Waals surface area contributed by atoms with Crippen molar-refractivity contribution in [1.82, 2.24) is 5.32 Å². The summed E-state index contributed by atoms with van der Waals surface area (Å²) in [6.45, 7) is 8.55. The number of carbonyl (C=O) groups excluding carboxylic acids is 1. The summed E-state index contributed by atoms with van der Waals surface area (Å²) >= 11 is 1.68. The maximum atomic E-state index is 13.3. The average molecular weight is 315 g/mol. The molecule has 0 amide bonds. The number of benzene rings is 1. The Balaban J connectivity index is 1.93. The summed E-state index contributed by atoms with van der Waals surface area (Å²) in [5, 5.41) is 6.61. The number of Topliss-reactive ketones (excluding diaryl/α,β-unsaturated/α-hetero) is 1. The van der Waals surface area contributed by atoms with Gasteiger partial charge >= 0.3 is 0 Å². The number of ketones is 1. The first-order valence-electron chi connectivity index (χ1n) is 8.13. The van der Waals surface area contributed by atoms with Gasteiger partial charge in [-0.05, 0) is 37.3 Å². The molecule has 1 atom stereocenters. The molecule has 3 heteroatoms. The maximum Gasteiger partial charge on any atom is 0.171 e.